The summed E-state index contributed by atoms with van der Waals surface area (Å²) in [5.41, 5.74) is 1.06. The van der Waals surface area contributed by atoms with E-state index in [4.69, 9.17) is 4.74 Å². The number of hydrogen-bond acceptors (Lipinski definition) is 4. The summed E-state index contributed by atoms with van der Waals surface area (Å²) in [5.74, 6) is 0. The second-order valence-electron chi connectivity index (χ2n) is 5.38. The van der Waals surface area contributed by atoms with E-state index in [1.165, 1.54) is 0 Å². The summed E-state index contributed by atoms with van der Waals surface area (Å²) in [4.78, 5) is 20.1. The second kappa shape index (κ2) is 5.75. The number of nitrogens with one attached hydrogen (secondary N) is 1. The van der Waals surface area contributed by atoms with Crippen LogP contribution in [-0.4, -0.2) is 21.7 Å². The van der Waals surface area contributed by atoms with Gasteiger partial charge in [-0.05, 0) is 48.8 Å². The molecule has 20 heavy (non-hydrogen) atoms. The highest BCUT2D eigenvalue weighted by Gasteiger charge is 2.15. The van der Waals surface area contributed by atoms with Gasteiger partial charge in [-0.25, -0.2) is 4.79 Å². The van der Waals surface area contributed by atoms with Gasteiger partial charge in [0.1, 0.15) is 5.60 Å². The monoisotopic (exact) mass is 337 g/mol. The lowest BCUT2D eigenvalue weighted by Crippen LogP contribution is -2.32. The maximum atomic E-state index is 11.6. The minimum absolute atomic E-state index is 0.317. The van der Waals surface area contributed by atoms with E-state index in [1.807, 2.05) is 32.9 Å². The Hall–Kier alpha value is -1.69. The Morgan fingerprint density at radius 2 is 2.05 bits per heavy atom. The Kier molecular flexibility index (Phi) is 4.23. The van der Waals surface area contributed by atoms with Gasteiger partial charge in [0.05, 0.1) is 24.0 Å². The summed E-state index contributed by atoms with van der Waals surface area (Å²) in [5, 5.41) is 3.65. The molecule has 6 heteroatoms. The number of hydrogen-bond donors (Lipinski definition) is 1. The first kappa shape index (κ1) is 14.7. The minimum atomic E-state index is -0.504. The molecule has 0 unspecified atom stereocenters. The zero-order chi connectivity index (χ0) is 14.8. The molecule has 1 N–H and O–H groups in total. The van der Waals surface area contributed by atoms with Crippen molar-refractivity contribution in [2.24, 2.45) is 0 Å². The van der Waals surface area contributed by atoms with Gasteiger partial charge >= 0.3 is 6.09 Å². The van der Waals surface area contributed by atoms with E-state index in [9.17, 15) is 4.79 Å². The molecule has 1 amide bonds. The quantitative estimate of drug-likeness (QED) is 0.911. The van der Waals surface area contributed by atoms with E-state index in [0.29, 0.717) is 6.54 Å². The van der Waals surface area contributed by atoms with Crippen LogP contribution >= 0.6 is 15.9 Å². The van der Waals surface area contributed by atoms with Gasteiger partial charge < -0.3 is 10.1 Å². The molecule has 0 atom stereocenters. The van der Waals surface area contributed by atoms with Gasteiger partial charge in [0.2, 0.25) is 0 Å². The summed E-state index contributed by atoms with van der Waals surface area (Å²) >= 11 is 3.38. The summed E-state index contributed by atoms with van der Waals surface area (Å²) in [7, 11) is 0. The van der Waals surface area contributed by atoms with Crippen LogP contribution in [0, 0.1) is 0 Å². The van der Waals surface area contributed by atoms with E-state index >= 15 is 0 Å². The molecule has 0 aliphatic carbocycles. The lowest BCUT2D eigenvalue weighted by Gasteiger charge is -2.19. The normalized spacial score (nSPS) is 11.4. The molecule has 0 spiro atoms. The molecular weight excluding hydrogens is 322 g/mol. The number of pyridine rings is 2. The molecule has 0 aliphatic rings. The molecule has 106 valence electrons. The zero-order valence-corrected chi connectivity index (χ0v) is 13.2. The van der Waals surface area contributed by atoms with Crippen molar-refractivity contribution in [3.05, 3.63) is 34.7 Å². The average Bonchev–Trinajstić information content (AvgIpc) is 2.33. The summed E-state index contributed by atoms with van der Waals surface area (Å²) in [6, 6.07) is 3.85. The number of aromatic nitrogens is 2. The van der Waals surface area contributed by atoms with Crippen molar-refractivity contribution in [1.82, 2.24) is 15.3 Å². The Balaban J connectivity index is 2.05. The largest absolute Gasteiger partial charge is 0.444 e. The van der Waals surface area contributed by atoms with Crippen LogP contribution in [0.5, 0.6) is 0 Å². The number of halogens is 1. The Morgan fingerprint density at radius 3 is 2.75 bits per heavy atom. The fourth-order valence-corrected chi connectivity index (χ4v) is 1.97. The fraction of sp³-hybridized carbons (Fsp3) is 0.357. The summed E-state index contributed by atoms with van der Waals surface area (Å²) in [6.45, 7) is 5.79. The maximum Gasteiger partial charge on any atom is 0.407 e. The third-order valence-electron chi connectivity index (χ3n) is 2.40. The molecule has 0 radical (unpaired) electrons. The Morgan fingerprint density at radius 1 is 1.30 bits per heavy atom. The van der Waals surface area contributed by atoms with Crippen molar-refractivity contribution < 1.29 is 9.53 Å². The molecular formula is C14H16BrN3O2. The van der Waals surface area contributed by atoms with Crippen LogP contribution < -0.4 is 5.32 Å². The highest BCUT2D eigenvalue weighted by atomic mass is 79.9. The topological polar surface area (TPSA) is 64.1 Å². The molecule has 0 aromatic carbocycles. The lowest BCUT2D eigenvalue weighted by molar-refractivity contribution is 0.0523. The van der Waals surface area contributed by atoms with Crippen LogP contribution in [-0.2, 0) is 11.3 Å². The van der Waals surface area contributed by atoms with Gasteiger partial charge in [0.25, 0.3) is 0 Å². The predicted octanol–water partition coefficient (Wildman–Crippen LogP) is 3.42. The molecule has 2 aromatic heterocycles. The van der Waals surface area contributed by atoms with Crippen molar-refractivity contribution in [1.29, 1.82) is 0 Å². The minimum Gasteiger partial charge on any atom is -0.444 e. The summed E-state index contributed by atoms with van der Waals surface area (Å²) < 4.78 is 6.07. The van der Waals surface area contributed by atoms with Gasteiger partial charge in [-0.3, -0.25) is 9.97 Å². The predicted molar refractivity (Wildman–Crippen MR) is 80.3 cm³/mol. The first-order valence-corrected chi connectivity index (χ1v) is 7.00. The van der Waals surface area contributed by atoms with Crippen LogP contribution in [0.1, 0.15) is 26.5 Å². The molecule has 0 bridgehead atoms. The number of ether oxygens (including phenoxy) is 1. The standard InChI is InChI=1S/C14H16BrN3O2/c1-14(2,3)20-13(19)18-7-11-5-9-4-10(15)6-17-12(9)8-16-11/h4-6,8H,7H2,1-3H3,(H,18,19). The number of alkyl carbamates (subject to hydrolysis) is 1. The molecule has 2 heterocycles. The van der Waals surface area contributed by atoms with Crippen LogP contribution in [0.3, 0.4) is 0 Å². The molecule has 5 nitrogen and oxygen atoms in total. The van der Waals surface area contributed by atoms with Gasteiger partial charge in [0.15, 0.2) is 0 Å². The third-order valence-corrected chi connectivity index (χ3v) is 2.84. The number of fused-ring (bicyclic) bond motifs is 1. The van der Waals surface area contributed by atoms with E-state index in [-0.39, 0.29) is 0 Å². The molecule has 0 aliphatic heterocycles. The van der Waals surface area contributed by atoms with E-state index in [2.05, 4.69) is 31.2 Å². The van der Waals surface area contributed by atoms with Crippen LogP contribution in [0.15, 0.2) is 29.0 Å². The van der Waals surface area contributed by atoms with Gasteiger partial charge in [-0.15, -0.1) is 0 Å². The first-order chi connectivity index (χ1) is 9.33. The number of carbonyl (C=O) groups is 1. The van der Waals surface area contributed by atoms with Gasteiger partial charge in [-0.1, -0.05) is 0 Å². The average molecular weight is 338 g/mol. The van der Waals surface area contributed by atoms with Gasteiger partial charge in [-0.2, -0.15) is 0 Å². The van der Waals surface area contributed by atoms with Crippen LogP contribution in [0.2, 0.25) is 0 Å². The third kappa shape index (κ3) is 4.16. The van der Waals surface area contributed by atoms with E-state index < -0.39 is 11.7 Å². The number of carbonyl (C=O) groups excluding carboxylic acids is 1. The smallest absolute Gasteiger partial charge is 0.407 e. The molecule has 0 saturated carbocycles. The highest BCUT2D eigenvalue weighted by molar-refractivity contribution is 9.10. The van der Waals surface area contributed by atoms with E-state index in [1.54, 1.807) is 12.4 Å². The van der Waals surface area contributed by atoms with E-state index in [0.717, 1.165) is 21.1 Å². The van der Waals surface area contributed by atoms with Crippen molar-refractivity contribution in [2.45, 2.75) is 32.9 Å². The summed E-state index contributed by atoms with van der Waals surface area (Å²) in [6.07, 6.45) is 2.96. The molecule has 0 saturated heterocycles. The fourth-order valence-electron chi connectivity index (χ4n) is 1.62. The molecule has 2 rings (SSSR count). The molecule has 0 fully saturated rings. The van der Waals surface area contributed by atoms with Crippen LogP contribution in [0.4, 0.5) is 4.79 Å². The number of amides is 1. The van der Waals surface area contributed by atoms with Crippen molar-refractivity contribution in [3.63, 3.8) is 0 Å². The maximum absolute atomic E-state index is 11.6. The zero-order valence-electron chi connectivity index (χ0n) is 11.6. The Bertz CT molecular complexity index is 638. The SMILES string of the molecule is CC(C)(C)OC(=O)NCc1cc2cc(Br)cnc2cn1. The first-order valence-electron chi connectivity index (χ1n) is 6.20. The number of rotatable bonds is 2. The van der Waals surface area contributed by atoms with Crippen molar-refractivity contribution in [2.75, 3.05) is 0 Å². The van der Waals surface area contributed by atoms with Gasteiger partial charge in [0, 0.05) is 16.1 Å². The van der Waals surface area contributed by atoms with Crippen molar-refractivity contribution >= 4 is 32.9 Å². The second-order valence-corrected chi connectivity index (χ2v) is 6.29. The molecule has 2 aromatic rings. The Labute approximate surface area is 125 Å². The highest BCUT2D eigenvalue weighted by Crippen LogP contribution is 2.17. The number of nitrogens with zero attached hydrogens (tertiary/aromatic N) is 2. The van der Waals surface area contributed by atoms with Crippen molar-refractivity contribution in [3.8, 4) is 0 Å². The van der Waals surface area contributed by atoms with Crippen LogP contribution in [0.25, 0.3) is 10.9 Å². The lowest BCUT2D eigenvalue weighted by atomic mass is 10.2.